The number of aromatic nitrogens is 1. The van der Waals surface area contributed by atoms with E-state index in [0.29, 0.717) is 15.9 Å². The highest BCUT2D eigenvalue weighted by atomic mass is 32.1. The molecule has 12 heteroatoms. The van der Waals surface area contributed by atoms with E-state index in [1.165, 1.54) is 17.4 Å². The lowest BCUT2D eigenvalue weighted by Crippen LogP contribution is -2.19. The van der Waals surface area contributed by atoms with Crippen LogP contribution in [0.2, 0.25) is 0 Å². The number of hydrogen-bond acceptors (Lipinski definition) is 6. The summed E-state index contributed by atoms with van der Waals surface area (Å²) >= 11 is 2.39. The maximum Gasteiger partial charge on any atom is 0.416 e. The Bertz CT molecular complexity index is 1400. The molecule has 0 bridgehead atoms. The van der Waals surface area contributed by atoms with Crippen molar-refractivity contribution in [2.45, 2.75) is 12.6 Å². The molecular weight excluding hydrogens is 491 g/mol. The highest BCUT2D eigenvalue weighted by molar-refractivity contribution is 7.21. The molecule has 0 atom stereocenters. The van der Waals surface area contributed by atoms with Crippen molar-refractivity contribution in [2.24, 2.45) is 0 Å². The van der Waals surface area contributed by atoms with Gasteiger partial charge in [-0.2, -0.15) is 13.2 Å². The summed E-state index contributed by atoms with van der Waals surface area (Å²) in [4.78, 5) is 41.8. The number of fused-ring (bicyclic) bond motifs is 1. The topological polar surface area (TPSA) is 108 Å². The molecule has 4 rings (SSSR count). The smallest absolute Gasteiger partial charge is 0.416 e. The first-order valence-electron chi connectivity index (χ1n) is 9.59. The van der Waals surface area contributed by atoms with Gasteiger partial charge in [-0.15, -0.1) is 22.7 Å². The van der Waals surface area contributed by atoms with Crippen LogP contribution in [-0.4, -0.2) is 27.9 Å². The third kappa shape index (κ3) is 5.07. The predicted octanol–water partition coefficient (Wildman–Crippen LogP) is 5.71. The molecule has 0 radical (unpaired) electrons. The molecule has 0 saturated heterocycles. The Kier molecular flexibility index (Phi) is 6.35. The van der Waals surface area contributed by atoms with Gasteiger partial charge in [-0.25, -0.2) is 4.98 Å². The van der Waals surface area contributed by atoms with E-state index in [4.69, 9.17) is 5.11 Å². The number of nitrogens with one attached hydrogen (secondary N) is 2. The van der Waals surface area contributed by atoms with Crippen LogP contribution in [0.15, 0.2) is 53.9 Å². The van der Waals surface area contributed by atoms with Gasteiger partial charge in [0, 0.05) is 11.1 Å². The van der Waals surface area contributed by atoms with Crippen LogP contribution in [0, 0.1) is 0 Å². The minimum atomic E-state index is -4.59. The number of aliphatic carboxylic acids is 1. The highest BCUT2D eigenvalue weighted by Crippen LogP contribution is 2.38. The van der Waals surface area contributed by atoms with Crippen molar-refractivity contribution in [3.05, 3.63) is 64.4 Å². The first-order chi connectivity index (χ1) is 16.1. The van der Waals surface area contributed by atoms with Gasteiger partial charge in [-0.1, -0.05) is 12.1 Å². The van der Waals surface area contributed by atoms with E-state index < -0.39 is 35.9 Å². The Balaban J connectivity index is 1.73. The first kappa shape index (κ1) is 23.4. The van der Waals surface area contributed by atoms with Gasteiger partial charge in [-0.05, 0) is 41.8 Å². The molecule has 4 aromatic rings. The summed E-state index contributed by atoms with van der Waals surface area (Å²) in [5, 5.41) is 16.0. The van der Waals surface area contributed by atoms with Gasteiger partial charge < -0.3 is 15.7 Å². The zero-order valence-electron chi connectivity index (χ0n) is 17.0. The minimum absolute atomic E-state index is 0.0259. The number of rotatable bonds is 6. The molecule has 0 aliphatic carbocycles. The number of pyridine rings is 1. The normalized spacial score (nSPS) is 11.4. The van der Waals surface area contributed by atoms with Crippen molar-refractivity contribution in [1.29, 1.82) is 0 Å². The Morgan fingerprint density at radius 2 is 1.82 bits per heavy atom. The number of anilines is 2. The summed E-state index contributed by atoms with van der Waals surface area (Å²) in [5.41, 5.74) is -0.343. The van der Waals surface area contributed by atoms with Crippen LogP contribution in [-0.2, 0) is 15.8 Å². The fraction of sp³-hybridized carbons (Fsp3) is 0.0909. The minimum Gasteiger partial charge on any atom is -0.481 e. The van der Waals surface area contributed by atoms with Crippen molar-refractivity contribution < 1.29 is 32.7 Å². The zero-order valence-corrected chi connectivity index (χ0v) is 18.6. The lowest BCUT2D eigenvalue weighted by atomic mass is 10.2. The number of carbonyl (C=O) groups is 3. The summed E-state index contributed by atoms with van der Waals surface area (Å²) in [6, 6.07) is 11.2. The molecule has 1 aromatic carbocycles. The van der Waals surface area contributed by atoms with Gasteiger partial charge in [0.15, 0.2) is 0 Å². The predicted molar refractivity (Wildman–Crippen MR) is 123 cm³/mol. The lowest BCUT2D eigenvalue weighted by Gasteiger charge is -2.10. The second kappa shape index (κ2) is 9.23. The number of alkyl halides is 3. The average molecular weight is 505 g/mol. The van der Waals surface area contributed by atoms with E-state index in [-0.39, 0.29) is 16.3 Å². The molecule has 0 saturated carbocycles. The number of amides is 2. The molecule has 0 aliphatic rings. The standard InChI is InChI=1S/C22H14F3N3O4S2/c23-22(24,25)11-3-1-4-12(9-11)26-20(32)19-18(28-16(29)10-17(30)31)13-6-7-14(27-21(13)34-19)15-5-2-8-33-15/h1-9H,10H2,(H,26,32)(H,28,29)(H,30,31). The number of carboxylic acids is 1. The molecule has 0 spiro atoms. The molecule has 2 amide bonds. The second-order valence-corrected chi connectivity index (χ2v) is 8.93. The van der Waals surface area contributed by atoms with E-state index in [2.05, 4.69) is 15.6 Å². The highest BCUT2D eigenvalue weighted by Gasteiger charge is 2.31. The SMILES string of the molecule is O=C(O)CC(=O)Nc1c(C(=O)Nc2cccc(C(F)(F)F)c2)sc2nc(-c3cccs3)ccc12. The molecule has 3 heterocycles. The number of carboxylic acid groups (broad SMARTS) is 1. The summed E-state index contributed by atoms with van der Waals surface area (Å²) in [7, 11) is 0. The summed E-state index contributed by atoms with van der Waals surface area (Å²) in [6.07, 6.45) is -5.41. The van der Waals surface area contributed by atoms with Crippen LogP contribution in [0.5, 0.6) is 0 Å². The van der Waals surface area contributed by atoms with E-state index in [1.54, 1.807) is 12.1 Å². The molecule has 3 aromatic heterocycles. The number of nitrogens with zero attached hydrogens (tertiary/aromatic N) is 1. The van der Waals surface area contributed by atoms with Crippen molar-refractivity contribution in [3.63, 3.8) is 0 Å². The summed E-state index contributed by atoms with van der Waals surface area (Å²) < 4.78 is 39.1. The summed E-state index contributed by atoms with van der Waals surface area (Å²) in [6.45, 7) is 0. The number of benzene rings is 1. The maximum atomic E-state index is 13.0. The van der Waals surface area contributed by atoms with Crippen LogP contribution in [0.1, 0.15) is 21.7 Å². The van der Waals surface area contributed by atoms with Crippen molar-refractivity contribution in [3.8, 4) is 10.6 Å². The fourth-order valence-electron chi connectivity index (χ4n) is 3.11. The number of carbonyl (C=O) groups excluding carboxylic acids is 2. The molecule has 0 aliphatic heterocycles. The number of halogens is 3. The monoisotopic (exact) mass is 505 g/mol. The average Bonchev–Trinajstić information content (AvgIpc) is 3.41. The van der Waals surface area contributed by atoms with E-state index in [1.807, 2.05) is 17.5 Å². The third-order valence-electron chi connectivity index (χ3n) is 4.56. The molecule has 0 fully saturated rings. The molecule has 0 unspecified atom stereocenters. The molecular formula is C22H14F3N3O4S2. The molecule has 7 nitrogen and oxygen atoms in total. The van der Waals surface area contributed by atoms with E-state index >= 15 is 0 Å². The van der Waals surface area contributed by atoms with Gasteiger partial charge in [0.25, 0.3) is 5.91 Å². The van der Waals surface area contributed by atoms with Crippen LogP contribution < -0.4 is 10.6 Å². The number of hydrogen-bond donors (Lipinski definition) is 3. The van der Waals surface area contributed by atoms with Crippen LogP contribution in [0.3, 0.4) is 0 Å². The van der Waals surface area contributed by atoms with Crippen molar-refractivity contribution in [1.82, 2.24) is 4.98 Å². The van der Waals surface area contributed by atoms with Gasteiger partial charge in [-0.3, -0.25) is 14.4 Å². The van der Waals surface area contributed by atoms with Gasteiger partial charge in [0.1, 0.15) is 16.1 Å². The molecule has 3 N–H and O–H groups in total. The summed E-state index contributed by atoms with van der Waals surface area (Å²) in [5.74, 6) is -2.99. The molecule has 34 heavy (non-hydrogen) atoms. The van der Waals surface area contributed by atoms with Crippen LogP contribution in [0.4, 0.5) is 24.5 Å². The van der Waals surface area contributed by atoms with E-state index in [9.17, 15) is 27.6 Å². The quantitative estimate of drug-likeness (QED) is 0.291. The zero-order chi connectivity index (χ0) is 24.5. The largest absolute Gasteiger partial charge is 0.481 e. The van der Waals surface area contributed by atoms with E-state index in [0.717, 1.165) is 34.4 Å². The van der Waals surface area contributed by atoms with Crippen LogP contribution >= 0.6 is 22.7 Å². The molecule has 174 valence electrons. The first-order valence-corrected chi connectivity index (χ1v) is 11.3. The Hall–Kier alpha value is -3.77. The Morgan fingerprint density at radius 1 is 1.03 bits per heavy atom. The second-order valence-electron chi connectivity index (χ2n) is 6.98. The Labute approximate surface area is 197 Å². The number of thiophene rings is 2. The maximum absolute atomic E-state index is 13.0. The van der Waals surface area contributed by atoms with Crippen molar-refractivity contribution in [2.75, 3.05) is 10.6 Å². The third-order valence-corrected chi connectivity index (χ3v) is 6.55. The fourth-order valence-corrected chi connectivity index (χ4v) is 4.83. The van der Waals surface area contributed by atoms with Crippen molar-refractivity contribution >= 4 is 62.0 Å². The Morgan fingerprint density at radius 3 is 2.50 bits per heavy atom. The van der Waals surface area contributed by atoms with Gasteiger partial charge in [0.2, 0.25) is 5.91 Å². The lowest BCUT2D eigenvalue weighted by molar-refractivity contribution is -0.140. The van der Waals surface area contributed by atoms with Gasteiger partial charge >= 0.3 is 12.1 Å². The van der Waals surface area contributed by atoms with Crippen LogP contribution in [0.25, 0.3) is 20.8 Å². The van der Waals surface area contributed by atoms with Gasteiger partial charge in [0.05, 0.1) is 21.8 Å².